The van der Waals surface area contributed by atoms with Crippen molar-refractivity contribution in [3.05, 3.63) is 36.2 Å². The minimum atomic E-state index is -4.60. The number of aromatic nitrogens is 2. The normalized spacial score (nSPS) is 12.6. The molecular formula is C10H9F3N4O2S. The summed E-state index contributed by atoms with van der Waals surface area (Å²) in [6.07, 6.45) is -3.57. The maximum atomic E-state index is 12.5. The Morgan fingerprint density at radius 1 is 1.20 bits per heavy atom. The zero-order chi connectivity index (χ0) is 15.1. The van der Waals surface area contributed by atoms with Gasteiger partial charge in [0.25, 0.3) is 0 Å². The molecule has 0 radical (unpaired) electrons. The predicted octanol–water partition coefficient (Wildman–Crippen LogP) is 1.12. The summed E-state index contributed by atoms with van der Waals surface area (Å²) >= 11 is 0. The van der Waals surface area contributed by atoms with Gasteiger partial charge in [-0.1, -0.05) is 0 Å². The van der Waals surface area contributed by atoms with Crippen LogP contribution in [0.25, 0.3) is 5.69 Å². The number of rotatable bonds is 2. The molecule has 10 heteroatoms. The van der Waals surface area contributed by atoms with Crippen molar-refractivity contribution in [3.8, 4) is 5.69 Å². The van der Waals surface area contributed by atoms with Crippen LogP contribution in [0, 0.1) is 0 Å². The summed E-state index contributed by atoms with van der Waals surface area (Å²) in [5.74, 6) is 0. The van der Waals surface area contributed by atoms with E-state index < -0.39 is 21.9 Å². The molecule has 0 saturated heterocycles. The second-order valence-corrected chi connectivity index (χ2v) is 5.47. The SMILES string of the molecule is Nc1ccc(S(N)(=O)=O)cc1-n1ccc(C(F)(F)F)n1. The molecule has 0 aliphatic heterocycles. The van der Waals surface area contributed by atoms with Gasteiger partial charge in [0, 0.05) is 6.20 Å². The van der Waals surface area contributed by atoms with E-state index in [0.717, 1.165) is 29.1 Å². The number of nitrogens with zero attached hydrogens (tertiary/aromatic N) is 2. The Morgan fingerprint density at radius 2 is 1.85 bits per heavy atom. The van der Waals surface area contributed by atoms with Gasteiger partial charge in [-0.25, -0.2) is 18.2 Å². The maximum absolute atomic E-state index is 12.5. The lowest BCUT2D eigenvalue weighted by molar-refractivity contribution is -0.141. The first-order valence-corrected chi connectivity index (χ1v) is 6.69. The van der Waals surface area contributed by atoms with Gasteiger partial charge in [-0.3, -0.25) is 0 Å². The number of nitrogens with two attached hydrogens (primary N) is 2. The van der Waals surface area contributed by atoms with E-state index in [0.29, 0.717) is 0 Å². The Hall–Kier alpha value is -2.07. The van der Waals surface area contributed by atoms with Gasteiger partial charge in [0.1, 0.15) is 0 Å². The van der Waals surface area contributed by atoms with E-state index in [4.69, 9.17) is 10.9 Å². The van der Waals surface area contributed by atoms with Crippen molar-refractivity contribution < 1.29 is 21.6 Å². The summed E-state index contributed by atoms with van der Waals surface area (Å²) in [6.45, 7) is 0. The molecule has 1 aromatic carbocycles. The molecule has 0 spiro atoms. The number of anilines is 1. The topological polar surface area (TPSA) is 104 Å². The molecule has 0 atom stereocenters. The fourth-order valence-electron chi connectivity index (χ4n) is 1.51. The van der Waals surface area contributed by atoms with Crippen LogP contribution in [0.5, 0.6) is 0 Å². The summed E-state index contributed by atoms with van der Waals surface area (Å²) in [7, 11) is -3.99. The summed E-state index contributed by atoms with van der Waals surface area (Å²) < 4.78 is 60.7. The monoisotopic (exact) mass is 306 g/mol. The Morgan fingerprint density at radius 3 is 2.35 bits per heavy atom. The molecule has 1 aromatic heterocycles. The van der Waals surface area contributed by atoms with Crippen molar-refractivity contribution in [3.63, 3.8) is 0 Å². The fourth-order valence-corrected chi connectivity index (χ4v) is 2.04. The smallest absolute Gasteiger partial charge is 0.397 e. The van der Waals surface area contributed by atoms with Crippen molar-refractivity contribution in [1.29, 1.82) is 0 Å². The molecule has 6 nitrogen and oxygen atoms in total. The quantitative estimate of drug-likeness (QED) is 0.811. The highest BCUT2D eigenvalue weighted by Crippen LogP contribution is 2.29. The van der Waals surface area contributed by atoms with Gasteiger partial charge >= 0.3 is 6.18 Å². The number of primary sulfonamides is 1. The van der Waals surface area contributed by atoms with Gasteiger partial charge in [0.15, 0.2) is 5.69 Å². The van der Waals surface area contributed by atoms with E-state index >= 15 is 0 Å². The van der Waals surface area contributed by atoms with Crippen LogP contribution in [0.1, 0.15) is 5.69 Å². The Bertz CT molecular complexity index is 752. The van der Waals surface area contributed by atoms with E-state index in [2.05, 4.69) is 5.10 Å². The molecule has 1 heterocycles. The van der Waals surface area contributed by atoms with E-state index in [1.165, 1.54) is 6.07 Å². The number of benzene rings is 1. The van der Waals surface area contributed by atoms with Crippen molar-refractivity contribution in [2.24, 2.45) is 5.14 Å². The molecule has 0 saturated carbocycles. The molecular weight excluding hydrogens is 297 g/mol. The van der Waals surface area contributed by atoms with E-state index in [1.54, 1.807) is 0 Å². The Kier molecular flexibility index (Phi) is 3.22. The largest absolute Gasteiger partial charge is 0.435 e. The first-order valence-electron chi connectivity index (χ1n) is 5.14. The van der Waals surface area contributed by atoms with Crippen LogP contribution in [-0.4, -0.2) is 18.2 Å². The molecule has 4 N–H and O–H groups in total. The average molecular weight is 306 g/mol. The van der Waals surface area contributed by atoms with Crippen LogP contribution in [-0.2, 0) is 16.2 Å². The number of halogens is 3. The van der Waals surface area contributed by atoms with E-state index in [1.807, 2.05) is 0 Å². The van der Waals surface area contributed by atoms with Crippen molar-refractivity contribution in [2.75, 3.05) is 5.73 Å². The van der Waals surface area contributed by atoms with Gasteiger partial charge in [0.05, 0.1) is 16.3 Å². The van der Waals surface area contributed by atoms with Crippen molar-refractivity contribution in [2.45, 2.75) is 11.1 Å². The van der Waals surface area contributed by atoms with Gasteiger partial charge < -0.3 is 5.73 Å². The second kappa shape index (κ2) is 4.49. The predicted molar refractivity (Wildman–Crippen MR) is 64.4 cm³/mol. The number of nitrogen functional groups attached to an aromatic ring is 1. The van der Waals surface area contributed by atoms with E-state index in [9.17, 15) is 21.6 Å². The highest BCUT2D eigenvalue weighted by atomic mass is 32.2. The number of hydrogen-bond acceptors (Lipinski definition) is 4. The third kappa shape index (κ3) is 2.75. The highest BCUT2D eigenvalue weighted by Gasteiger charge is 2.33. The van der Waals surface area contributed by atoms with E-state index in [-0.39, 0.29) is 16.3 Å². The molecule has 108 valence electrons. The second-order valence-electron chi connectivity index (χ2n) is 3.91. The molecule has 0 bridgehead atoms. The number of alkyl halides is 3. The van der Waals surface area contributed by atoms with Crippen LogP contribution in [0.4, 0.5) is 18.9 Å². The van der Waals surface area contributed by atoms with Crippen LogP contribution >= 0.6 is 0 Å². The molecule has 0 aliphatic rings. The average Bonchev–Trinajstić information content (AvgIpc) is 2.76. The lowest BCUT2D eigenvalue weighted by atomic mass is 10.3. The highest BCUT2D eigenvalue weighted by molar-refractivity contribution is 7.89. The number of hydrogen-bond donors (Lipinski definition) is 2. The molecule has 0 fully saturated rings. The minimum absolute atomic E-state index is 0.00738. The summed E-state index contributed by atoms with van der Waals surface area (Å²) in [5, 5.41) is 8.26. The zero-order valence-corrected chi connectivity index (χ0v) is 10.6. The van der Waals surface area contributed by atoms with Gasteiger partial charge in [-0.2, -0.15) is 18.3 Å². The summed E-state index contributed by atoms with van der Waals surface area (Å²) in [5.41, 5.74) is 4.55. The van der Waals surface area contributed by atoms with Crippen molar-refractivity contribution in [1.82, 2.24) is 9.78 Å². The van der Waals surface area contributed by atoms with Crippen LogP contribution in [0.15, 0.2) is 35.4 Å². The third-order valence-corrected chi connectivity index (χ3v) is 3.37. The Labute approximate surface area is 111 Å². The molecule has 2 rings (SSSR count). The first kappa shape index (κ1) is 14.3. The van der Waals surface area contributed by atoms with Gasteiger partial charge in [-0.15, -0.1) is 0 Å². The zero-order valence-electron chi connectivity index (χ0n) is 9.79. The number of sulfonamides is 1. The lowest BCUT2D eigenvalue weighted by Crippen LogP contribution is -2.13. The molecule has 0 unspecified atom stereocenters. The minimum Gasteiger partial charge on any atom is -0.397 e. The Balaban J connectivity index is 2.55. The van der Waals surface area contributed by atoms with Gasteiger partial charge in [-0.05, 0) is 24.3 Å². The molecule has 20 heavy (non-hydrogen) atoms. The molecule has 2 aromatic rings. The third-order valence-electron chi connectivity index (χ3n) is 2.46. The molecule has 0 amide bonds. The van der Waals surface area contributed by atoms with Gasteiger partial charge in [0.2, 0.25) is 10.0 Å². The van der Waals surface area contributed by atoms with Crippen LogP contribution in [0.3, 0.4) is 0 Å². The standard InChI is InChI=1S/C10H9F3N4O2S/c11-10(12,13)9-3-4-17(16-9)8-5-6(20(15,18)19)1-2-7(8)14/h1-5H,14H2,(H2,15,18,19). The van der Waals surface area contributed by atoms with Crippen molar-refractivity contribution >= 4 is 15.7 Å². The lowest BCUT2D eigenvalue weighted by Gasteiger charge is -2.08. The summed E-state index contributed by atoms with van der Waals surface area (Å²) in [6, 6.07) is 4.19. The van der Waals surface area contributed by atoms with Crippen LogP contribution < -0.4 is 10.9 Å². The molecule has 0 aliphatic carbocycles. The van der Waals surface area contributed by atoms with Crippen LogP contribution in [0.2, 0.25) is 0 Å². The maximum Gasteiger partial charge on any atom is 0.435 e. The first-order chi connectivity index (χ1) is 9.09. The fraction of sp³-hybridized carbons (Fsp3) is 0.100. The summed E-state index contributed by atoms with van der Waals surface area (Å²) in [4.78, 5) is -0.272.